The van der Waals surface area contributed by atoms with Gasteiger partial charge in [0.25, 0.3) is 5.91 Å². The molecular weight excluding hydrogens is 306 g/mol. The van der Waals surface area contributed by atoms with Gasteiger partial charge in [-0.05, 0) is 51.7 Å². The van der Waals surface area contributed by atoms with Gasteiger partial charge in [-0.25, -0.2) is 4.79 Å². The topological polar surface area (TPSA) is 69.7 Å². The first-order valence-electron chi connectivity index (χ1n) is 8.39. The van der Waals surface area contributed by atoms with Gasteiger partial charge in [0.2, 0.25) is 5.91 Å². The smallest absolute Gasteiger partial charge is 0.332 e. The number of benzene rings is 1. The molecule has 2 atom stereocenters. The molecule has 128 valence electrons. The third-order valence-corrected chi connectivity index (χ3v) is 4.78. The summed E-state index contributed by atoms with van der Waals surface area (Å²) in [5.41, 5.74) is 1.75. The van der Waals surface area contributed by atoms with Crippen LogP contribution >= 0.6 is 0 Å². The van der Waals surface area contributed by atoms with Crippen LogP contribution in [-0.4, -0.2) is 41.4 Å². The number of carbonyl (C=O) groups is 3. The molecule has 0 spiro atoms. The van der Waals surface area contributed by atoms with Crippen molar-refractivity contribution in [2.24, 2.45) is 5.92 Å². The van der Waals surface area contributed by atoms with Crippen LogP contribution in [0, 0.1) is 12.8 Å². The van der Waals surface area contributed by atoms with E-state index in [1.165, 1.54) is 4.90 Å². The Morgan fingerprint density at radius 2 is 1.88 bits per heavy atom. The summed E-state index contributed by atoms with van der Waals surface area (Å²) in [5.74, 6) is -0.0919. The van der Waals surface area contributed by atoms with Crippen molar-refractivity contribution in [2.75, 3.05) is 11.4 Å². The van der Waals surface area contributed by atoms with E-state index in [1.54, 1.807) is 6.92 Å². The molecule has 1 saturated heterocycles. The van der Waals surface area contributed by atoms with Crippen molar-refractivity contribution >= 4 is 23.5 Å². The molecule has 6 heteroatoms. The van der Waals surface area contributed by atoms with Crippen molar-refractivity contribution in [3.63, 3.8) is 0 Å². The molecule has 2 aliphatic rings. The van der Waals surface area contributed by atoms with Crippen LogP contribution in [0.5, 0.6) is 0 Å². The van der Waals surface area contributed by atoms with Crippen LogP contribution in [0.15, 0.2) is 24.3 Å². The first-order valence-corrected chi connectivity index (χ1v) is 8.39. The van der Waals surface area contributed by atoms with E-state index in [0.29, 0.717) is 11.6 Å². The van der Waals surface area contributed by atoms with Crippen LogP contribution in [0.1, 0.15) is 32.3 Å². The van der Waals surface area contributed by atoms with Crippen LogP contribution in [-0.2, 0) is 9.59 Å². The van der Waals surface area contributed by atoms with Crippen LogP contribution in [0.25, 0.3) is 0 Å². The second-order valence-electron chi connectivity index (χ2n) is 6.78. The predicted octanol–water partition coefficient (Wildman–Crippen LogP) is 2.07. The number of amides is 4. The van der Waals surface area contributed by atoms with E-state index in [2.05, 4.69) is 5.32 Å². The van der Waals surface area contributed by atoms with E-state index in [1.807, 2.05) is 38.1 Å². The summed E-state index contributed by atoms with van der Waals surface area (Å²) in [7, 11) is 0. The number of carbonyl (C=O) groups excluding carboxylic acids is 3. The van der Waals surface area contributed by atoms with Crippen LogP contribution < -0.4 is 10.2 Å². The number of hydrogen-bond acceptors (Lipinski definition) is 3. The highest BCUT2D eigenvalue weighted by Gasteiger charge is 2.44. The molecule has 2 fully saturated rings. The molecule has 24 heavy (non-hydrogen) atoms. The maximum atomic E-state index is 12.6. The minimum atomic E-state index is -0.603. The van der Waals surface area contributed by atoms with Gasteiger partial charge in [-0.3, -0.25) is 19.4 Å². The summed E-state index contributed by atoms with van der Waals surface area (Å²) in [6.07, 6.45) is 2.25. The van der Waals surface area contributed by atoms with E-state index in [4.69, 9.17) is 0 Å². The van der Waals surface area contributed by atoms with E-state index >= 15 is 0 Å². The number of nitrogens with zero attached hydrogens (tertiary/aromatic N) is 2. The number of anilines is 1. The van der Waals surface area contributed by atoms with E-state index < -0.39 is 12.1 Å². The molecule has 0 aromatic heterocycles. The van der Waals surface area contributed by atoms with Gasteiger partial charge in [-0.2, -0.15) is 0 Å². The van der Waals surface area contributed by atoms with Crippen LogP contribution in [0.3, 0.4) is 0 Å². The largest absolute Gasteiger partial charge is 0.352 e. The molecule has 1 heterocycles. The van der Waals surface area contributed by atoms with Gasteiger partial charge in [-0.15, -0.1) is 0 Å². The zero-order chi connectivity index (χ0) is 17.4. The van der Waals surface area contributed by atoms with Crippen LogP contribution in [0.2, 0.25) is 0 Å². The molecule has 1 saturated carbocycles. The Bertz CT molecular complexity index is 667. The lowest BCUT2D eigenvalue weighted by Crippen LogP contribution is -2.44. The Morgan fingerprint density at radius 3 is 2.46 bits per heavy atom. The summed E-state index contributed by atoms with van der Waals surface area (Å²) in [6, 6.07) is 6.47. The Kier molecular flexibility index (Phi) is 4.30. The van der Waals surface area contributed by atoms with Gasteiger partial charge in [0.1, 0.15) is 12.6 Å². The molecule has 1 aromatic rings. The molecular formula is C18H23N3O3. The molecule has 3 rings (SSSR count). The molecule has 1 N–H and O–H groups in total. The standard InChI is InChI=1S/C18H23N3O3/c1-11-4-8-15(9-5-11)21-13(3)17(23)20(18(21)24)10-16(22)19-12(2)14-6-7-14/h4-5,8-9,12-14H,6-7,10H2,1-3H3,(H,19,22)/t12-,13+/m1/s1. The fourth-order valence-electron chi connectivity index (χ4n) is 3.07. The highest BCUT2D eigenvalue weighted by Crippen LogP contribution is 2.32. The minimum absolute atomic E-state index is 0.0935. The normalized spacial score (nSPS) is 22.0. The van der Waals surface area contributed by atoms with E-state index in [-0.39, 0.29) is 24.4 Å². The highest BCUT2D eigenvalue weighted by molar-refractivity contribution is 6.15. The zero-order valence-electron chi connectivity index (χ0n) is 14.3. The molecule has 0 unspecified atom stereocenters. The summed E-state index contributed by atoms with van der Waals surface area (Å²) in [5, 5.41) is 2.88. The van der Waals surface area contributed by atoms with Gasteiger partial charge in [0.15, 0.2) is 0 Å². The fraction of sp³-hybridized carbons (Fsp3) is 0.500. The number of aryl methyl sites for hydroxylation is 1. The zero-order valence-corrected chi connectivity index (χ0v) is 14.3. The van der Waals surface area contributed by atoms with Crippen molar-refractivity contribution in [1.29, 1.82) is 0 Å². The number of imide groups is 1. The van der Waals surface area contributed by atoms with Gasteiger partial charge in [0.05, 0.1) is 0 Å². The first-order chi connectivity index (χ1) is 11.4. The monoisotopic (exact) mass is 329 g/mol. The van der Waals surface area contributed by atoms with E-state index in [0.717, 1.165) is 23.3 Å². The van der Waals surface area contributed by atoms with E-state index in [9.17, 15) is 14.4 Å². The average Bonchev–Trinajstić information content (AvgIpc) is 3.35. The lowest BCUT2D eigenvalue weighted by Gasteiger charge is -2.20. The second kappa shape index (κ2) is 6.26. The Hall–Kier alpha value is -2.37. The number of urea groups is 1. The SMILES string of the molecule is Cc1ccc(N2C(=O)N(CC(=O)N[C@H](C)C3CC3)C(=O)[C@@H]2C)cc1. The van der Waals surface area contributed by atoms with Gasteiger partial charge in [0, 0.05) is 11.7 Å². The van der Waals surface area contributed by atoms with Crippen molar-refractivity contribution in [3.05, 3.63) is 29.8 Å². The molecule has 0 radical (unpaired) electrons. The predicted molar refractivity (Wildman–Crippen MR) is 90.6 cm³/mol. The Balaban J connectivity index is 1.70. The summed E-state index contributed by atoms with van der Waals surface area (Å²) >= 11 is 0. The van der Waals surface area contributed by atoms with Gasteiger partial charge >= 0.3 is 6.03 Å². The van der Waals surface area contributed by atoms with Crippen molar-refractivity contribution in [2.45, 2.75) is 45.7 Å². The second-order valence-corrected chi connectivity index (χ2v) is 6.78. The molecule has 4 amide bonds. The fourth-order valence-corrected chi connectivity index (χ4v) is 3.07. The van der Waals surface area contributed by atoms with Crippen LogP contribution in [0.4, 0.5) is 10.5 Å². The summed E-state index contributed by atoms with van der Waals surface area (Å²) < 4.78 is 0. The lowest BCUT2D eigenvalue weighted by atomic mass is 10.2. The number of nitrogens with one attached hydrogen (secondary N) is 1. The molecule has 1 aromatic carbocycles. The molecule has 6 nitrogen and oxygen atoms in total. The number of hydrogen-bond donors (Lipinski definition) is 1. The Labute approximate surface area is 141 Å². The van der Waals surface area contributed by atoms with Crippen molar-refractivity contribution < 1.29 is 14.4 Å². The maximum Gasteiger partial charge on any atom is 0.332 e. The minimum Gasteiger partial charge on any atom is -0.352 e. The lowest BCUT2D eigenvalue weighted by molar-refractivity contribution is -0.132. The molecule has 0 bridgehead atoms. The summed E-state index contributed by atoms with van der Waals surface area (Å²) in [4.78, 5) is 39.7. The molecule has 1 aliphatic heterocycles. The average molecular weight is 329 g/mol. The van der Waals surface area contributed by atoms with Crippen molar-refractivity contribution in [1.82, 2.24) is 10.2 Å². The van der Waals surface area contributed by atoms with Gasteiger partial charge in [-0.1, -0.05) is 17.7 Å². The highest BCUT2D eigenvalue weighted by atomic mass is 16.2. The third-order valence-electron chi connectivity index (χ3n) is 4.78. The Morgan fingerprint density at radius 1 is 1.25 bits per heavy atom. The first kappa shape index (κ1) is 16.5. The quantitative estimate of drug-likeness (QED) is 0.841. The summed E-state index contributed by atoms with van der Waals surface area (Å²) in [6.45, 7) is 5.39. The molecule has 1 aliphatic carbocycles. The number of rotatable bonds is 5. The maximum absolute atomic E-state index is 12.6. The third kappa shape index (κ3) is 3.13. The van der Waals surface area contributed by atoms with Crippen molar-refractivity contribution in [3.8, 4) is 0 Å². The van der Waals surface area contributed by atoms with Gasteiger partial charge < -0.3 is 5.32 Å².